The SMILES string of the molecule is Cc1ccc(NC(=O)c2cnc(NCc3ccco3)cn2)c(Br)c1. The van der Waals surface area contributed by atoms with Gasteiger partial charge in [-0.3, -0.25) is 4.79 Å². The van der Waals surface area contributed by atoms with E-state index in [-0.39, 0.29) is 11.6 Å². The van der Waals surface area contributed by atoms with Crippen molar-refractivity contribution in [3.63, 3.8) is 0 Å². The maximum absolute atomic E-state index is 12.2. The fourth-order valence-electron chi connectivity index (χ4n) is 2.04. The fraction of sp³-hybridized carbons (Fsp3) is 0.118. The second-order valence-corrected chi connectivity index (χ2v) is 6.01. The van der Waals surface area contributed by atoms with E-state index in [0.29, 0.717) is 18.1 Å². The smallest absolute Gasteiger partial charge is 0.275 e. The molecule has 0 aliphatic rings. The Kier molecular flexibility index (Phi) is 4.90. The van der Waals surface area contributed by atoms with Gasteiger partial charge in [0, 0.05) is 4.47 Å². The van der Waals surface area contributed by atoms with Gasteiger partial charge in [-0.2, -0.15) is 0 Å². The van der Waals surface area contributed by atoms with Crippen molar-refractivity contribution in [1.29, 1.82) is 0 Å². The third-order valence-corrected chi connectivity index (χ3v) is 3.94. The van der Waals surface area contributed by atoms with Crippen LogP contribution in [-0.2, 0) is 6.54 Å². The first-order chi connectivity index (χ1) is 11.6. The van der Waals surface area contributed by atoms with E-state index in [9.17, 15) is 4.79 Å². The number of hydrogen-bond acceptors (Lipinski definition) is 5. The summed E-state index contributed by atoms with van der Waals surface area (Å²) >= 11 is 3.43. The van der Waals surface area contributed by atoms with Crippen molar-refractivity contribution >= 4 is 33.3 Å². The molecule has 2 aromatic heterocycles. The first kappa shape index (κ1) is 16.2. The van der Waals surface area contributed by atoms with E-state index >= 15 is 0 Å². The predicted molar refractivity (Wildman–Crippen MR) is 94.9 cm³/mol. The van der Waals surface area contributed by atoms with Crippen LogP contribution in [-0.4, -0.2) is 15.9 Å². The van der Waals surface area contributed by atoms with Crippen molar-refractivity contribution in [1.82, 2.24) is 9.97 Å². The maximum Gasteiger partial charge on any atom is 0.275 e. The van der Waals surface area contributed by atoms with E-state index in [1.54, 1.807) is 6.26 Å². The number of halogens is 1. The summed E-state index contributed by atoms with van der Waals surface area (Å²) in [6, 6.07) is 9.38. The van der Waals surface area contributed by atoms with Crippen molar-refractivity contribution in [3.8, 4) is 0 Å². The monoisotopic (exact) mass is 386 g/mol. The minimum Gasteiger partial charge on any atom is -0.467 e. The summed E-state index contributed by atoms with van der Waals surface area (Å²) in [6.45, 7) is 2.49. The zero-order valence-corrected chi connectivity index (χ0v) is 14.5. The van der Waals surface area contributed by atoms with Gasteiger partial charge < -0.3 is 15.1 Å². The summed E-state index contributed by atoms with van der Waals surface area (Å²) in [6.07, 6.45) is 4.56. The molecule has 3 rings (SSSR count). The first-order valence-electron chi connectivity index (χ1n) is 7.27. The van der Waals surface area contributed by atoms with Crippen LogP contribution < -0.4 is 10.6 Å². The molecule has 0 saturated carbocycles. The number of amides is 1. The van der Waals surface area contributed by atoms with Crippen LogP contribution in [0.5, 0.6) is 0 Å². The van der Waals surface area contributed by atoms with Crippen LogP contribution in [0.15, 0.2) is 57.9 Å². The second kappa shape index (κ2) is 7.27. The molecule has 24 heavy (non-hydrogen) atoms. The molecule has 0 atom stereocenters. The zero-order valence-electron chi connectivity index (χ0n) is 12.9. The molecule has 0 unspecified atom stereocenters. The molecular weight excluding hydrogens is 372 g/mol. The quantitative estimate of drug-likeness (QED) is 0.692. The van der Waals surface area contributed by atoms with E-state index in [2.05, 4.69) is 36.5 Å². The Morgan fingerprint density at radius 3 is 2.79 bits per heavy atom. The number of furan rings is 1. The van der Waals surface area contributed by atoms with Gasteiger partial charge in [-0.25, -0.2) is 9.97 Å². The molecule has 1 amide bonds. The largest absolute Gasteiger partial charge is 0.467 e. The van der Waals surface area contributed by atoms with Crippen LogP contribution in [0.3, 0.4) is 0 Å². The number of benzene rings is 1. The van der Waals surface area contributed by atoms with Gasteiger partial charge in [0.15, 0.2) is 0 Å². The summed E-state index contributed by atoms with van der Waals surface area (Å²) in [5, 5.41) is 5.88. The highest BCUT2D eigenvalue weighted by atomic mass is 79.9. The minimum atomic E-state index is -0.315. The van der Waals surface area contributed by atoms with Gasteiger partial charge in [0.25, 0.3) is 5.91 Å². The van der Waals surface area contributed by atoms with Gasteiger partial charge in [-0.1, -0.05) is 6.07 Å². The Labute approximate surface area is 147 Å². The van der Waals surface area contributed by atoms with E-state index in [1.807, 2.05) is 37.3 Å². The van der Waals surface area contributed by atoms with Crippen molar-refractivity contribution < 1.29 is 9.21 Å². The van der Waals surface area contributed by atoms with Crippen LogP contribution in [0.25, 0.3) is 0 Å². The third-order valence-electron chi connectivity index (χ3n) is 3.28. The lowest BCUT2D eigenvalue weighted by molar-refractivity contribution is 0.102. The van der Waals surface area contributed by atoms with Gasteiger partial charge in [0.2, 0.25) is 0 Å². The molecular formula is C17H15BrN4O2. The number of rotatable bonds is 5. The highest BCUT2D eigenvalue weighted by Crippen LogP contribution is 2.23. The molecule has 2 N–H and O–H groups in total. The average Bonchev–Trinajstić information content (AvgIpc) is 3.09. The Morgan fingerprint density at radius 1 is 1.25 bits per heavy atom. The summed E-state index contributed by atoms with van der Waals surface area (Å²) in [5.74, 6) is 1.05. The van der Waals surface area contributed by atoms with Crippen molar-refractivity contribution in [2.75, 3.05) is 10.6 Å². The molecule has 0 saturated heterocycles. The number of carbonyl (C=O) groups is 1. The molecule has 2 heterocycles. The summed E-state index contributed by atoms with van der Waals surface area (Å²) in [4.78, 5) is 20.6. The zero-order chi connectivity index (χ0) is 16.9. The number of aryl methyl sites for hydroxylation is 1. The molecule has 3 aromatic rings. The average molecular weight is 387 g/mol. The minimum absolute atomic E-state index is 0.242. The molecule has 122 valence electrons. The standard InChI is InChI=1S/C17H15BrN4O2/c1-11-4-5-14(13(18)7-11)22-17(23)15-9-21-16(10-19-15)20-8-12-3-2-6-24-12/h2-7,9-10H,8H2,1H3,(H,20,21)(H,22,23). The van der Waals surface area contributed by atoms with Gasteiger partial charge in [0.1, 0.15) is 17.3 Å². The van der Waals surface area contributed by atoms with E-state index in [4.69, 9.17) is 4.42 Å². The molecule has 0 spiro atoms. The Balaban J connectivity index is 1.63. The number of nitrogens with zero attached hydrogens (tertiary/aromatic N) is 2. The first-order valence-corrected chi connectivity index (χ1v) is 8.07. The van der Waals surface area contributed by atoms with Crippen molar-refractivity contribution in [2.24, 2.45) is 0 Å². The highest BCUT2D eigenvalue weighted by molar-refractivity contribution is 9.10. The normalized spacial score (nSPS) is 10.4. The van der Waals surface area contributed by atoms with Crippen molar-refractivity contribution in [3.05, 3.63) is 70.5 Å². The van der Waals surface area contributed by atoms with Crippen LogP contribution in [0.2, 0.25) is 0 Å². The molecule has 6 nitrogen and oxygen atoms in total. The molecule has 0 aliphatic carbocycles. The predicted octanol–water partition coefficient (Wildman–Crippen LogP) is 4.00. The molecule has 0 radical (unpaired) electrons. The van der Waals surface area contributed by atoms with E-state index in [1.165, 1.54) is 12.4 Å². The van der Waals surface area contributed by atoms with Gasteiger partial charge >= 0.3 is 0 Å². The molecule has 1 aromatic carbocycles. The molecule has 7 heteroatoms. The van der Waals surface area contributed by atoms with Crippen LogP contribution >= 0.6 is 15.9 Å². The molecule has 0 bridgehead atoms. The van der Waals surface area contributed by atoms with E-state index in [0.717, 1.165) is 15.8 Å². The summed E-state index contributed by atoms with van der Waals surface area (Å²) < 4.78 is 6.04. The Hall–Kier alpha value is -2.67. The number of hydrogen-bond donors (Lipinski definition) is 2. The van der Waals surface area contributed by atoms with E-state index < -0.39 is 0 Å². The van der Waals surface area contributed by atoms with Crippen LogP contribution in [0.1, 0.15) is 21.8 Å². The summed E-state index contributed by atoms with van der Waals surface area (Å²) in [5.41, 5.74) is 2.03. The lowest BCUT2D eigenvalue weighted by Crippen LogP contribution is -2.15. The lowest BCUT2D eigenvalue weighted by Gasteiger charge is -2.08. The van der Waals surface area contributed by atoms with Crippen LogP contribution in [0, 0.1) is 6.92 Å². The van der Waals surface area contributed by atoms with Gasteiger partial charge in [-0.05, 0) is 52.7 Å². The van der Waals surface area contributed by atoms with Gasteiger partial charge in [0.05, 0.1) is 30.9 Å². The van der Waals surface area contributed by atoms with Crippen LogP contribution in [0.4, 0.5) is 11.5 Å². The Morgan fingerprint density at radius 2 is 2.12 bits per heavy atom. The van der Waals surface area contributed by atoms with Crippen molar-refractivity contribution in [2.45, 2.75) is 13.5 Å². The fourth-order valence-corrected chi connectivity index (χ4v) is 2.63. The topological polar surface area (TPSA) is 80.0 Å². The highest BCUT2D eigenvalue weighted by Gasteiger charge is 2.10. The summed E-state index contributed by atoms with van der Waals surface area (Å²) in [7, 11) is 0. The number of carbonyl (C=O) groups excluding carboxylic acids is 1. The number of anilines is 2. The Bertz CT molecular complexity index is 832. The molecule has 0 aliphatic heterocycles. The third kappa shape index (κ3) is 3.99. The van der Waals surface area contributed by atoms with Gasteiger partial charge in [-0.15, -0.1) is 0 Å². The lowest BCUT2D eigenvalue weighted by atomic mass is 10.2. The molecule has 0 fully saturated rings. The maximum atomic E-state index is 12.2. The number of aromatic nitrogens is 2. The number of nitrogens with one attached hydrogen (secondary N) is 2. The second-order valence-electron chi connectivity index (χ2n) is 5.16.